The van der Waals surface area contributed by atoms with Gasteiger partial charge in [-0.25, -0.2) is 4.98 Å². The Kier molecular flexibility index (Phi) is 9.28. The summed E-state index contributed by atoms with van der Waals surface area (Å²) >= 11 is 0. The Balaban J connectivity index is 0.00000280. The molecule has 1 aliphatic rings. The van der Waals surface area contributed by atoms with Crippen molar-refractivity contribution >= 4 is 29.9 Å². The van der Waals surface area contributed by atoms with E-state index in [0.29, 0.717) is 0 Å². The molecule has 0 saturated carbocycles. The van der Waals surface area contributed by atoms with Gasteiger partial charge in [0.1, 0.15) is 5.82 Å². The van der Waals surface area contributed by atoms with Gasteiger partial charge >= 0.3 is 0 Å². The number of benzene rings is 1. The van der Waals surface area contributed by atoms with Crippen LogP contribution in [-0.4, -0.2) is 47.1 Å². The van der Waals surface area contributed by atoms with Gasteiger partial charge in [-0.3, -0.25) is 4.99 Å². The molecular weight excluding hydrogens is 461 g/mol. The zero-order valence-electron chi connectivity index (χ0n) is 17.3. The minimum atomic E-state index is 0. The number of likely N-dealkylation sites (tertiary alicyclic amines) is 1. The van der Waals surface area contributed by atoms with Crippen LogP contribution in [0, 0.1) is 11.8 Å². The summed E-state index contributed by atoms with van der Waals surface area (Å²) in [6, 6.07) is 10.5. The first-order valence-corrected chi connectivity index (χ1v) is 10.1. The molecule has 1 atom stereocenters. The molecule has 0 spiro atoms. The summed E-state index contributed by atoms with van der Waals surface area (Å²) in [6.45, 7) is 8.58. The molecule has 1 aromatic carbocycles. The Labute approximate surface area is 186 Å². The maximum absolute atomic E-state index is 4.55. The number of halogens is 1. The molecule has 0 bridgehead atoms. The lowest BCUT2D eigenvalue weighted by atomic mass is 9.97. The molecule has 1 N–H and O–H groups in total. The standard InChI is InChI=1S/C22H33N5.HI/c1-18(2)15-20-10-13-27(17-20)22(23-3)25-11-9-21-24-12-14-26(21)16-19-7-5-4-6-8-19;/h4-8,12,14,18,20H,9-11,13,15-17H2,1-3H3,(H,23,25);1H. The van der Waals surface area contributed by atoms with Crippen LogP contribution in [0.5, 0.6) is 0 Å². The highest BCUT2D eigenvalue weighted by atomic mass is 127. The van der Waals surface area contributed by atoms with Crippen molar-refractivity contribution in [2.45, 2.75) is 39.7 Å². The number of aromatic nitrogens is 2. The fourth-order valence-corrected chi connectivity index (χ4v) is 3.99. The molecule has 1 aromatic heterocycles. The van der Waals surface area contributed by atoms with Gasteiger partial charge in [0.15, 0.2) is 5.96 Å². The maximum atomic E-state index is 4.55. The van der Waals surface area contributed by atoms with Gasteiger partial charge < -0.3 is 14.8 Å². The number of imidazole rings is 1. The Bertz CT molecular complexity index is 726. The molecule has 1 aliphatic heterocycles. The highest BCUT2D eigenvalue weighted by molar-refractivity contribution is 14.0. The van der Waals surface area contributed by atoms with Crippen molar-refractivity contribution in [1.82, 2.24) is 19.8 Å². The second kappa shape index (κ2) is 11.4. The molecule has 6 heteroatoms. The molecular formula is C22H34IN5. The number of hydrogen-bond acceptors (Lipinski definition) is 2. The van der Waals surface area contributed by atoms with E-state index in [9.17, 15) is 0 Å². The van der Waals surface area contributed by atoms with Crippen LogP contribution < -0.4 is 5.32 Å². The largest absolute Gasteiger partial charge is 0.356 e. The first kappa shape index (κ1) is 22.7. The van der Waals surface area contributed by atoms with Crippen LogP contribution in [-0.2, 0) is 13.0 Å². The molecule has 0 amide bonds. The zero-order chi connectivity index (χ0) is 19.1. The van der Waals surface area contributed by atoms with E-state index < -0.39 is 0 Å². The van der Waals surface area contributed by atoms with Crippen molar-refractivity contribution in [3.63, 3.8) is 0 Å². The summed E-state index contributed by atoms with van der Waals surface area (Å²) in [5.41, 5.74) is 1.30. The van der Waals surface area contributed by atoms with E-state index in [2.05, 4.69) is 75.1 Å². The van der Waals surface area contributed by atoms with E-state index in [0.717, 1.165) is 56.2 Å². The van der Waals surface area contributed by atoms with E-state index in [1.807, 2.05) is 13.2 Å². The molecule has 1 fully saturated rings. The molecule has 154 valence electrons. The van der Waals surface area contributed by atoms with Crippen molar-refractivity contribution in [3.05, 3.63) is 54.1 Å². The molecule has 28 heavy (non-hydrogen) atoms. The number of nitrogens with zero attached hydrogens (tertiary/aromatic N) is 4. The third-order valence-electron chi connectivity index (χ3n) is 5.23. The Morgan fingerprint density at radius 1 is 1.29 bits per heavy atom. The fraction of sp³-hybridized carbons (Fsp3) is 0.545. The molecule has 3 rings (SSSR count). The molecule has 2 heterocycles. The second-order valence-corrected chi connectivity index (χ2v) is 7.91. The number of rotatable bonds is 7. The number of hydrogen-bond donors (Lipinski definition) is 1. The van der Waals surface area contributed by atoms with E-state index >= 15 is 0 Å². The summed E-state index contributed by atoms with van der Waals surface area (Å²) in [6.07, 6.45) is 7.44. The molecule has 5 nitrogen and oxygen atoms in total. The van der Waals surface area contributed by atoms with Gasteiger partial charge in [-0.2, -0.15) is 0 Å². The quantitative estimate of drug-likeness (QED) is 0.359. The van der Waals surface area contributed by atoms with Crippen LogP contribution in [0.3, 0.4) is 0 Å². The van der Waals surface area contributed by atoms with Gasteiger partial charge in [-0.05, 0) is 30.2 Å². The predicted octanol–water partition coefficient (Wildman–Crippen LogP) is 4.04. The van der Waals surface area contributed by atoms with Crippen molar-refractivity contribution in [3.8, 4) is 0 Å². The average molecular weight is 495 g/mol. The van der Waals surface area contributed by atoms with Gasteiger partial charge in [0.25, 0.3) is 0 Å². The van der Waals surface area contributed by atoms with Crippen molar-refractivity contribution in [2.24, 2.45) is 16.8 Å². The van der Waals surface area contributed by atoms with E-state index in [-0.39, 0.29) is 24.0 Å². The summed E-state index contributed by atoms with van der Waals surface area (Å²) < 4.78 is 2.23. The summed E-state index contributed by atoms with van der Waals surface area (Å²) in [4.78, 5) is 11.4. The Hall–Kier alpha value is -1.57. The Morgan fingerprint density at radius 2 is 2.07 bits per heavy atom. The molecule has 1 unspecified atom stereocenters. The fourth-order valence-electron chi connectivity index (χ4n) is 3.99. The van der Waals surface area contributed by atoms with Crippen LogP contribution in [0.15, 0.2) is 47.7 Å². The van der Waals surface area contributed by atoms with Crippen LogP contribution in [0.2, 0.25) is 0 Å². The summed E-state index contributed by atoms with van der Waals surface area (Å²) in [5, 5.41) is 3.54. The smallest absolute Gasteiger partial charge is 0.193 e. The van der Waals surface area contributed by atoms with Crippen LogP contribution in [0.25, 0.3) is 0 Å². The maximum Gasteiger partial charge on any atom is 0.193 e. The summed E-state index contributed by atoms with van der Waals surface area (Å²) in [7, 11) is 1.88. The van der Waals surface area contributed by atoms with Crippen molar-refractivity contribution in [2.75, 3.05) is 26.7 Å². The van der Waals surface area contributed by atoms with Gasteiger partial charge in [-0.1, -0.05) is 44.2 Å². The molecule has 0 radical (unpaired) electrons. The first-order valence-electron chi connectivity index (χ1n) is 10.1. The summed E-state index contributed by atoms with van der Waals surface area (Å²) in [5.74, 6) is 3.71. The van der Waals surface area contributed by atoms with Crippen molar-refractivity contribution < 1.29 is 0 Å². The third kappa shape index (κ3) is 6.50. The number of nitrogens with one attached hydrogen (secondary N) is 1. The van der Waals surface area contributed by atoms with Gasteiger partial charge in [-0.15, -0.1) is 24.0 Å². The van der Waals surface area contributed by atoms with Crippen LogP contribution in [0.4, 0.5) is 0 Å². The lowest BCUT2D eigenvalue weighted by Crippen LogP contribution is -2.41. The van der Waals surface area contributed by atoms with E-state index in [4.69, 9.17) is 0 Å². The molecule has 1 saturated heterocycles. The lowest BCUT2D eigenvalue weighted by molar-refractivity contribution is 0.403. The third-order valence-corrected chi connectivity index (χ3v) is 5.23. The van der Waals surface area contributed by atoms with Gasteiger partial charge in [0, 0.05) is 52.0 Å². The monoisotopic (exact) mass is 495 g/mol. The van der Waals surface area contributed by atoms with Gasteiger partial charge in [0.05, 0.1) is 0 Å². The zero-order valence-corrected chi connectivity index (χ0v) is 19.7. The number of guanidine groups is 1. The normalized spacial score (nSPS) is 17.1. The Morgan fingerprint density at radius 3 is 2.79 bits per heavy atom. The van der Waals surface area contributed by atoms with E-state index in [1.165, 1.54) is 18.4 Å². The lowest BCUT2D eigenvalue weighted by Gasteiger charge is -2.22. The first-order chi connectivity index (χ1) is 13.2. The minimum Gasteiger partial charge on any atom is -0.356 e. The predicted molar refractivity (Wildman–Crippen MR) is 127 cm³/mol. The molecule has 0 aliphatic carbocycles. The average Bonchev–Trinajstić information content (AvgIpc) is 3.29. The highest BCUT2D eigenvalue weighted by Gasteiger charge is 2.25. The van der Waals surface area contributed by atoms with Gasteiger partial charge in [0.2, 0.25) is 0 Å². The SMILES string of the molecule is CN=C(NCCc1nccn1Cc1ccccc1)N1CCC(CC(C)C)C1.I. The van der Waals surface area contributed by atoms with Crippen molar-refractivity contribution in [1.29, 1.82) is 0 Å². The number of aliphatic imine (C=N–C) groups is 1. The van der Waals surface area contributed by atoms with Crippen LogP contribution >= 0.6 is 24.0 Å². The van der Waals surface area contributed by atoms with Crippen LogP contribution in [0.1, 0.15) is 38.1 Å². The topological polar surface area (TPSA) is 45.5 Å². The molecule has 2 aromatic rings. The highest BCUT2D eigenvalue weighted by Crippen LogP contribution is 2.23. The van der Waals surface area contributed by atoms with E-state index in [1.54, 1.807) is 0 Å². The minimum absolute atomic E-state index is 0. The second-order valence-electron chi connectivity index (χ2n) is 7.91.